The van der Waals surface area contributed by atoms with Gasteiger partial charge in [-0.25, -0.2) is 9.59 Å². The van der Waals surface area contributed by atoms with Crippen LogP contribution in [0.5, 0.6) is 11.5 Å². The highest BCUT2D eigenvalue weighted by atomic mass is 16.7. The van der Waals surface area contributed by atoms with Gasteiger partial charge >= 0.3 is 12.1 Å². The Morgan fingerprint density at radius 2 is 1.57 bits per heavy atom. The van der Waals surface area contributed by atoms with Gasteiger partial charge in [0.25, 0.3) is 0 Å². The van der Waals surface area contributed by atoms with Crippen LogP contribution in [0.4, 0.5) is 4.79 Å². The number of para-hydroxylation sites is 1. The molecule has 0 aliphatic carbocycles. The molecular weight excluding hydrogens is 272 g/mol. The van der Waals surface area contributed by atoms with Crippen molar-refractivity contribution >= 4 is 12.1 Å². The van der Waals surface area contributed by atoms with Crippen molar-refractivity contribution in [2.75, 3.05) is 7.11 Å². The van der Waals surface area contributed by atoms with Crippen LogP contribution in [0.15, 0.2) is 48.5 Å². The quantitative estimate of drug-likeness (QED) is 0.492. The normalized spacial score (nSPS) is 9.81. The van der Waals surface area contributed by atoms with Gasteiger partial charge in [-0.1, -0.05) is 29.8 Å². The molecule has 0 N–H and O–H groups in total. The molecule has 5 nitrogen and oxygen atoms in total. The van der Waals surface area contributed by atoms with E-state index in [2.05, 4.69) is 4.74 Å². The van der Waals surface area contributed by atoms with Crippen molar-refractivity contribution in [3.8, 4) is 11.5 Å². The number of carbonyl (C=O) groups excluding carboxylic acids is 2. The molecule has 0 atom stereocenters. The van der Waals surface area contributed by atoms with Gasteiger partial charge in [-0.2, -0.15) is 0 Å². The predicted molar refractivity (Wildman–Crippen MR) is 75.6 cm³/mol. The van der Waals surface area contributed by atoms with E-state index in [-0.39, 0.29) is 11.3 Å². The number of esters is 1. The maximum Gasteiger partial charge on any atom is 0.513 e. The van der Waals surface area contributed by atoms with Crippen LogP contribution in [-0.4, -0.2) is 19.2 Å². The van der Waals surface area contributed by atoms with E-state index in [4.69, 9.17) is 9.47 Å². The third kappa shape index (κ3) is 3.82. The second kappa shape index (κ2) is 6.56. The third-order valence-electron chi connectivity index (χ3n) is 2.70. The lowest BCUT2D eigenvalue weighted by Crippen LogP contribution is -2.14. The van der Waals surface area contributed by atoms with Gasteiger partial charge in [-0.3, -0.25) is 0 Å². The van der Waals surface area contributed by atoms with Crippen LogP contribution in [0.1, 0.15) is 15.9 Å². The summed E-state index contributed by atoms with van der Waals surface area (Å²) >= 11 is 0. The molecule has 0 saturated carbocycles. The first-order chi connectivity index (χ1) is 10.1. The Balaban J connectivity index is 2.18. The number of carbonyl (C=O) groups is 2. The Morgan fingerprint density at radius 3 is 2.24 bits per heavy atom. The average molecular weight is 286 g/mol. The molecule has 0 saturated heterocycles. The zero-order valence-electron chi connectivity index (χ0n) is 11.7. The number of hydrogen-bond acceptors (Lipinski definition) is 5. The van der Waals surface area contributed by atoms with E-state index in [1.54, 1.807) is 24.3 Å². The molecule has 2 aromatic rings. The predicted octanol–water partition coefficient (Wildman–Crippen LogP) is 3.36. The average Bonchev–Trinajstić information content (AvgIpc) is 2.50. The van der Waals surface area contributed by atoms with Crippen LogP contribution in [-0.2, 0) is 4.74 Å². The Labute approximate surface area is 122 Å². The molecule has 108 valence electrons. The Kier molecular flexibility index (Phi) is 4.56. The SMILES string of the molecule is COC(=O)Oc1ccccc1C(=O)Oc1ccc(C)cc1. The molecule has 0 spiro atoms. The van der Waals surface area contributed by atoms with Crippen LogP contribution in [0.2, 0.25) is 0 Å². The molecule has 5 heteroatoms. The summed E-state index contributed by atoms with van der Waals surface area (Å²) in [6.07, 6.45) is -0.898. The fraction of sp³-hybridized carbons (Fsp3) is 0.125. The van der Waals surface area contributed by atoms with Crippen molar-refractivity contribution in [3.63, 3.8) is 0 Å². The van der Waals surface area contributed by atoms with Gasteiger partial charge in [0, 0.05) is 0 Å². The maximum absolute atomic E-state index is 12.1. The van der Waals surface area contributed by atoms with E-state index in [0.29, 0.717) is 5.75 Å². The van der Waals surface area contributed by atoms with Gasteiger partial charge in [0.2, 0.25) is 0 Å². The van der Waals surface area contributed by atoms with Crippen LogP contribution < -0.4 is 9.47 Å². The Hall–Kier alpha value is -2.82. The highest BCUT2D eigenvalue weighted by Gasteiger charge is 2.17. The molecule has 0 aliphatic heterocycles. The van der Waals surface area contributed by atoms with Gasteiger partial charge in [0.05, 0.1) is 7.11 Å². The molecule has 2 aromatic carbocycles. The van der Waals surface area contributed by atoms with Gasteiger partial charge < -0.3 is 14.2 Å². The topological polar surface area (TPSA) is 61.8 Å². The summed E-state index contributed by atoms with van der Waals surface area (Å²) in [6, 6.07) is 13.3. The number of methoxy groups -OCH3 is 1. The van der Waals surface area contributed by atoms with E-state index < -0.39 is 12.1 Å². The standard InChI is InChI=1S/C16H14O5/c1-11-7-9-12(10-8-11)20-15(17)13-5-3-4-6-14(13)21-16(18)19-2/h3-10H,1-2H3. The highest BCUT2D eigenvalue weighted by Crippen LogP contribution is 2.21. The second-order valence-corrected chi connectivity index (χ2v) is 4.25. The van der Waals surface area contributed by atoms with E-state index in [1.807, 2.05) is 19.1 Å². The van der Waals surface area contributed by atoms with Crippen molar-refractivity contribution in [1.29, 1.82) is 0 Å². The Morgan fingerprint density at radius 1 is 0.905 bits per heavy atom. The minimum atomic E-state index is -0.898. The summed E-state index contributed by atoms with van der Waals surface area (Å²) in [5, 5.41) is 0. The van der Waals surface area contributed by atoms with Crippen molar-refractivity contribution < 1.29 is 23.8 Å². The molecular formula is C16H14O5. The summed E-state index contributed by atoms with van der Waals surface area (Å²) < 4.78 is 14.6. The fourth-order valence-electron chi connectivity index (χ4n) is 1.62. The minimum Gasteiger partial charge on any atom is -0.437 e. The fourth-order valence-corrected chi connectivity index (χ4v) is 1.62. The first-order valence-corrected chi connectivity index (χ1v) is 6.24. The number of hydrogen-bond donors (Lipinski definition) is 0. The summed E-state index contributed by atoms with van der Waals surface area (Å²) in [6.45, 7) is 1.94. The first kappa shape index (κ1) is 14.6. The van der Waals surface area contributed by atoms with Gasteiger partial charge in [0.1, 0.15) is 17.1 Å². The van der Waals surface area contributed by atoms with Gasteiger partial charge in [-0.15, -0.1) is 0 Å². The zero-order chi connectivity index (χ0) is 15.2. The van der Waals surface area contributed by atoms with Crippen LogP contribution in [0.25, 0.3) is 0 Å². The minimum absolute atomic E-state index is 0.0847. The van der Waals surface area contributed by atoms with Crippen molar-refractivity contribution in [2.45, 2.75) is 6.92 Å². The summed E-state index contributed by atoms with van der Waals surface area (Å²) in [7, 11) is 1.19. The lowest BCUT2D eigenvalue weighted by Gasteiger charge is -2.09. The Bertz CT molecular complexity index is 646. The third-order valence-corrected chi connectivity index (χ3v) is 2.70. The monoisotopic (exact) mass is 286 g/mol. The van der Waals surface area contributed by atoms with E-state index >= 15 is 0 Å². The molecule has 0 radical (unpaired) electrons. The van der Waals surface area contributed by atoms with Gasteiger partial charge in [0.15, 0.2) is 0 Å². The number of aryl methyl sites for hydroxylation is 1. The maximum atomic E-state index is 12.1. The molecule has 2 rings (SSSR count). The van der Waals surface area contributed by atoms with Crippen molar-refractivity contribution in [2.24, 2.45) is 0 Å². The molecule has 0 aromatic heterocycles. The van der Waals surface area contributed by atoms with Gasteiger partial charge in [-0.05, 0) is 31.2 Å². The largest absolute Gasteiger partial charge is 0.513 e. The summed E-state index contributed by atoms with van der Waals surface area (Å²) in [5.41, 5.74) is 1.20. The van der Waals surface area contributed by atoms with E-state index in [0.717, 1.165) is 5.56 Å². The molecule has 0 aliphatic rings. The smallest absolute Gasteiger partial charge is 0.437 e. The number of benzene rings is 2. The summed E-state index contributed by atoms with van der Waals surface area (Å²) in [5.74, 6) is -0.113. The van der Waals surface area contributed by atoms with Crippen LogP contribution in [0.3, 0.4) is 0 Å². The van der Waals surface area contributed by atoms with Crippen molar-refractivity contribution in [1.82, 2.24) is 0 Å². The van der Waals surface area contributed by atoms with Crippen molar-refractivity contribution in [3.05, 3.63) is 59.7 Å². The van der Waals surface area contributed by atoms with Crippen LogP contribution in [0, 0.1) is 6.92 Å². The second-order valence-electron chi connectivity index (χ2n) is 4.25. The molecule has 0 amide bonds. The first-order valence-electron chi connectivity index (χ1n) is 6.24. The molecule has 0 fully saturated rings. The number of rotatable bonds is 3. The number of ether oxygens (including phenoxy) is 3. The molecule has 21 heavy (non-hydrogen) atoms. The molecule has 0 bridgehead atoms. The summed E-state index contributed by atoms with van der Waals surface area (Å²) in [4.78, 5) is 23.3. The molecule has 0 heterocycles. The molecule has 0 unspecified atom stereocenters. The van der Waals surface area contributed by atoms with Crippen LogP contribution >= 0.6 is 0 Å². The lowest BCUT2D eigenvalue weighted by molar-refractivity contribution is 0.0729. The highest BCUT2D eigenvalue weighted by molar-refractivity contribution is 5.94. The lowest BCUT2D eigenvalue weighted by atomic mass is 10.2. The van der Waals surface area contributed by atoms with E-state index in [9.17, 15) is 9.59 Å². The zero-order valence-corrected chi connectivity index (χ0v) is 11.7. The van der Waals surface area contributed by atoms with E-state index in [1.165, 1.54) is 19.2 Å².